The molecule has 3 aliphatic rings. The molecule has 1 saturated carbocycles. The van der Waals surface area contributed by atoms with Crippen LogP contribution in [0.3, 0.4) is 0 Å². The maximum Gasteiger partial charge on any atom is 0.301 e. The number of hydrogen-bond donors (Lipinski definition) is 3. The van der Waals surface area contributed by atoms with Gasteiger partial charge >= 0.3 is 10.2 Å². The molecule has 2 aliphatic heterocycles. The van der Waals surface area contributed by atoms with Crippen LogP contribution in [0, 0.1) is 17.6 Å². The summed E-state index contributed by atoms with van der Waals surface area (Å²) in [5.74, 6) is -1.33. The van der Waals surface area contributed by atoms with Gasteiger partial charge < -0.3 is 10.6 Å². The second kappa shape index (κ2) is 11.1. The Balaban J connectivity index is 0.00000323. The Hall–Kier alpha value is -2.94. The molecule has 3 N–H and O–H groups in total. The van der Waals surface area contributed by atoms with E-state index in [1.54, 1.807) is 0 Å². The average molecular weight is 600 g/mol. The zero-order chi connectivity index (χ0) is 27.3. The zero-order valence-electron chi connectivity index (χ0n) is 21.4. The molecule has 0 radical (unpaired) electrons. The Morgan fingerprint density at radius 1 is 1.15 bits per heavy atom. The number of nitrogens with one attached hydrogen (secondary N) is 3. The fourth-order valence-corrected chi connectivity index (χ4v) is 6.40. The third-order valence-corrected chi connectivity index (χ3v) is 8.94. The predicted octanol–water partition coefficient (Wildman–Crippen LogP) is 3.22. The van der Waals surface area contributed by atoms with Gasteiger partial charge in [0.25, 0.3) is 5.56 Å². The van der Waals surface area contributed by atoms with Gasteiger partial charge in [-0.3, -0.25) is 14.1 Å². The van der Waals surface area contributed by atoms with Crippen molar-refractivity contribution in [3.8, 4) is 11.1 Å². The summed E-state index contributed by atoms with van der Waals surface area (Å²) in [5.41, 5.74) is -1.79. The zero-order valence-corrected chi connectivity index (χ0v) is 23.0. The highest BCUT2D eigenvalue weighted by Crippen LogP contribution is 2.33. The minimum absolute atomic E-state index is 0. The van der Waals surface area contributed by atoms with E-state index in [1.807, 2.05) is 0 Å². The van der Waals surface area contributed by atoms with Crippen LogP contribution in [0.4, 0.5) is 24.8 Å². The van der Waals surface area contributed by atoms with Crippen LogP contribution in [0.2, 0.25) is 0 Å². The third kappa shape index (κ3) is 5.49. The quantitative estimate of drug-likeness (QED) is 0.364. The van der Waals surface area contributed by atoms with E-state index in [-0.39, 0.29) is 43.5 Å². The molecule has 1 aliphatic carbocycles. The van der Waals surface area contributed by atoms with E-state index in [4.69, 9.17) is 0 Å². The number of hydrogen-bond acceptors (Lipinski definition) is 7. The van der Waals surface area contributed by atoms with Gasteiger partial charge in [0.15, 0.2) is 5.82 Å². The minimum Gasteiger partial charge on any atom is -0.354 e. The van der Waals surface area contributed by atoms with E-state index in [9.17, 15) is 17.6 Å². The first-order chi connectivity index (χ1) is 18.7. The van der Waals surface area contributed by atoms with Gasteiger partial charge in [0, 0.05) is 37.8 Å². The van der Waals surface area contributed by atoms with Gasteiger partial charge in [-0.05, 0) is 56.3 Å². The summed E-state index contributed by atoms with van der Waals surface area (Å²) < 4.78 is 74.4. The van der Waals surface area contributed by atoms with E-state index in [2.05, 4.69) is 25.3 Å². The lowest BCUT2D eigenvalue weighted by molar-refractivity contribution is 0.343. The molecule has 3 aromatic rings. The number of halogens is 4. The van der Waals surface area contributed by atoms with Crippen LogP contribution in [0.15, 0.2) is 29.2 Å². The highest BCUT2D eigenvalue weighted by molar-refractivity contribution is 7.90. The molecule has 2 atom stereocenters. The fraction of sp³-hybridized carbons (Fsp3) is 0.480. The smallest absolute Gasteiger partial charge is 0.301 e. The molecule has 0 amide bonds. The van der Waals surface area contributed by atoms with E-state index in [0.29, 0.717) is 42.4 Å². The SMILES string of the molecule is Cl.O=c1c(-c2c(F)ccc(NS(=O)(=O)N3CC[C@@H](F)C3)c2F)cc2cnc(NCC3CC3)nc2n1[C@@H]1CCNC1. The summed E-state index contributed by atoms with van der Waals surface area (Å²) in [6.07, 6.45) is 3.12. The third-order valence-electron chi connectivity index (χ3n) is 7.45. The first kappa shape index (κ1) is 28.6. The Labute approximate surface area is 235 Å². The maximum absolute atomic E-state index is 15.8. The summed E-state index contributed by atoms with van der Waals surface area (Å²) in [7, 11) is -4.30. The molecule has 10 nitrogen and oxygen atoms in total. The summed E-state index contributed by atoms with van der Waals surface area (Å²) in [6.45, 7) is 1.45. The van der Waals surface area contributed by atoms with Crippen molar-refractivity contribution in [2.24, 2.45) is 5.92 Å². The summed E-state index contributed by atoms with van der Waals surface area (Å²) in [5, 5.41) is 6.79. The second-order valence-electron chi connectivity index (χ2n) is 10.3. The fourth-order valence-electron chi connectivity index (χ4n) is 5.13. The van der Waals surface area contributed by atoms with Gasteiger partial charge in [0.2, 0.25) is 5.95 Å². The number of pyridine rings is 1. The van der Waals surface area contributed by atoms with Gasteiger partial charge in [-0.2, -0.15) is 17.7 Å². The van der Waals surface area contributed by atoms with Crippen LogP contribution in [0.5, 0.6) is 0 Å². The molecule has 1 aromatic carbocycles. The molecule has 0 unspecified atom stereocenters. The predicted molar refractivity (Wildman–Crippen MR) is 148 cm³/mol. The molecule has 2 saturated heterocycles. The Morgan fingerprint density at radius 2 is 1.95 bits per heavy atom. The van der Waals surface area contributed by atoms with Gasteiger partial charge in [0.1, 0.15) is 17.6 Å². The molecule has 3 fully saturated rings. The lowest BCUT2D eigenvalue weighted by Crippen LogP contribution is -2.34. The molecule has 216 valence electrons. The van der Waals surface area contributed by atoms with Crippen LogP contribution in [0.1, 0.15) is 31.7 Å². The molecule has 0 spiro atoms. The van der Waals surface area contributed by atoms with E-state index in [0.717, 1.165) is 35.8 Å². The van der Waals surface area contributed by atoms with Gasteiger partial charge in [-0.15, -0.1) is 12.4 Å². The van der Waals surface area contributed by atoms with Crippen LogP contribution in [-0.2, 0) is 10.2 Å². The van der Waals surface area contributed by atoms with Crippen LogP contribution in [-0.4, -0.2) is 66.2 Å². The Kier molecular flexibility index (Phi) is 7.97. The van der Waals surface area contributed by atoms with Crippen molar-refractivity contribution in [3.05, 3.63) is 46.4 Å². The highest BCUT2D eigenvalue weighted by atomic mass is 35.5. The van der Waals surface area contributed by atoms with Crippen molar-refractivity contribution < 1.29 is 21.6 Å². The van der Waals surface area contributed by atoms with Gasteiger partial charge in [-0.25, -0.2) is 18.2 Å². The molecule has 4 heterocycles. The lowest BCUT2D eigenvalue weighted by Gasteiger charge is -2.20. The number of alkyl halides is 1. The minimum atomic E-state index is -4.30. The number of nitrogens with zero attached hydrogens (tertiary/aromatic N) is 4. The molecule has 2 aromatic heterocycles. The van der Waals surface area contributed by atoms with E-state index in [1.165, 1.54) is 16.8 Å². The molecule has 0 bridgehead atoms. The number of fused-ring (bicyclic) bond motifs is 1. The van der Waals surface area contributed by atoms with Crippen molar-refractivity contribution >= 4 is 45.3 Å². The van der Waals surface area contributed by atoms with Crippen molar-refractivity contribution in [1.82, 2.24) is 24.2 Å². The van der Waals surface area contributed by atoms with Crippen LogP contribution in [0.25, 0.3) is 22.2 Å². The molecule has 15 heteroatoms. The van der Waals surface area contributed by atoms with Gasteiger partial charge in [0.05, 0.1) is 22.9 Å². The highest BCUT2D eigenvalue weighted by Gasteiger charge is 2.33. The lowest BCUT2D eigenvalue weighted by atomic mass is 10.0. The maximum atomic E-state index is 15.8. The van der Waals surface area contributed by atoms with Crippen LogP contribution < -0.4 is 20.9 Å². The van der Waals surface area contributed by atoms with Crippen molar-refractivity contribution in [1.29, 1.82) is 0 Å². The first-order valence-corrected chi connectivity index (χ1v) is 14.4. The van der Waals surface area contributed by atoms with E-state index >= 15 is 8.78 Å². The van der Waals surface area contributed by atoms with Crippen molar-refractivity contribution in [2.45, 2.75) is 37.9 Å². The topological polar surface area (TPSA) is 121 Å². The summed E-state index contributed by atoms with van der Waals surface area (Å²) >= 11 is 0. The van der Waals surface area contributed by atoms with E-state index < -0.39 is 44.8 Å². The Morgan fingerprint density at radius 3 is 2.62 bits per heavy atom. The summed E-state index contributed by atoms with van der Waals surface area (Å²) in [4.78, 5) is 22.7. The molecular weight excluding hydrogens is 571 g/mol. The molecule has 40 heavy (non-hydrogen) atoms. The normalized spacial score (nSPS) is 21.5. The van der Waals surface area contributed by atoms with Crippen LogP contribution >= 0.6 is 12.4 Å². The summed E-state index contributed by atoms with van der Waals surface area (Å²) in [6, 6.07) is 2.86. The van der Waals surface area contributed by atoms with Gasteiger partial charge in [-0.1, -0.05) is 0 Å². The molecule has 6 rings (SSSR count). The number of benzene rings is 1. The Bertz CT molecular complexity index is 1600. The number of aromatic nitrogens is 3. The standard InChI is InChI=1S/C25H28F3N7O3S.ClH/c26-16-6-8-34(13-16)39(37,38)33-20-4-3-19(27)21(22(20)28)18-9-15-11-31-25(30-10-14-1-2-14)32-23(15)35(24(18)36)17-5-7-29-12-17;/h3-4,9,11,14,16-17,29,33H,1-2,5-8,10,12-13H2,(H,30,31,32);1H/t16-,17-;/m1./s1. The molecular formula is C25H29ClF3N7O3S. The average Bonchev–Trinajstić information content (AvgIpc) is 3.36. The first-order valence-electron chi connectivity index (χ1n) is 13.0. The second-order valence-corrected chi connectivity index (χ2v) is 12.0. The van der Waals surface area contributed by atoms with Crippen molar-refractivity contribution in [2.75, 3.05) is 42.8 Å². The number of rotatable bonds is 8. The van der Waals surface area contributed by atoms with Crippen molar-refractivity contribution in [3.63, 3.8) is 0 Å². The largest absolute Gasteiger partial charge is 0.354 e. The number of anilines is 2. The monoisotopic (exact) mass is 599 g/mol.